The largest absolute Gasteiger partial charge is 0.507 e. The minimum Gasteiger partial charge on any atom is -0.507 e. The van der Waals surface area contributed by atoms with Crippen molar-refractivity contribution in [1.29, 1.82) is 0 Å². The summed E-state index contributed by atoms with van der Waals surface area (Å²) in [5, 5.41) is 12.1. The Labute approximate surface area is 185 Å². The van der Waals surface area contributed by atoms with Gasteiger partial charge >= 0.3 is 0 Å². The van der Waals surface area contributed by atoms with Gasteiger partial charge in [-0.15, -0.1) is 0 Å². The Hall–Kier alpha value is -4.12. The summed E-state index contributed by atoms with van der Waals surface area (Å²) in [6.07, 6.45) is 2.54. The molecule has 0 aliphatic carbocycles. The molecule has 1 aromatic heterocycles. The highest BCUT2D eigenvalue weighted by Gasteiger charge is 2.45. The van der Waals surface area contributed by atoms with Crippen molar-refractivity contribution in [2.75, 3.05) is 6.54 Å². The van der Waals surface area contributed by atoms with Crippen LogP contribution >= 0.6 is 0 Å². The van der Waals surface area contributed by atoms with E-state index in [0.29, 0.717) is 18.5 Å². The molecule has 0 radical (unpaired) electrons. The summed E-state index contributed by atoms with van der Waals surface area (Å²) in [6, 6.07) is 25.7. The van der Waals surface area contributed by atoms with Crippen LogP contribution in [0.15, 0.2) is 96.7 Å². The van der Waals surface area contributed by atoms with Crippen molar-refractivity contribution in [3.05, 3.63) is 113 Å². The molecule has 3 aromatic carbocycles. The Balaban J connectivity index is 1.55. The summed E-state index contributed by atoms with van der Waals surface area (Å²) < 4.78 is 0. The van der Waals surface area contributed by atoms with Gasteiger partial charge in [-0.25, -0.2) is 0 Å². The number of H-pyrrole nitrogens is 1. The molecular weight excluding hydrogens is 400 g/mol. The Morgan fingerprint density at radius 1 is 0.875 bits per heavy atom. The number of fused-ring (bicyclic) bond motifs is 1. The molecule has 0 bridgehead atoms. The number of amides is 1. The Morgan fingerprint density at radius 3 is 2.28 bits per heavy atom. The van der Waals surface area contributed by atoms with Crippen LogP contribution in [0.2, 0.25) is 0 Å². The maximum atomic E-state index is 13.1. The van der Waals surface area contributed by atoms with Gasteiger partial charge in [0.1, 0.15) is 5.76 Å². The van der Waals surface area contributed by atoms with Gasteiger partial charge < -0.3 is 15.0 Å². The van der Waals surface area contributed by atoms with Crippen LogP contribution in [-0.2, 0) is 16.0 Å². The normalized spacial score (nSPS) is 17.9. The molecule has 32 heavy (non-hydrogen) atoms. The second kappa shape index (κ2) is 8.19. The molecule has 1 saturated heterocycles. The Bertz CT molecular complexity index is 1320. The molecule has 5 heteroatoms. The van der Waals surface area contributed by atoms with Gasteiger partial charge in [-0.1, -0.05) is 78.9 Å². The van der Waals surface area contributed by atoms with E-state index < -0.39 is 17.7 Å². The number of nitrogens with zero attached hydrogens (tertiary/aromatic N) is 1. The lowest BCUT2D eigenvalue weighted by atomic mass is 9.95. The molecule has 0 spiro atoms. The molecular formula is C27H22N2O3. The number of nitrogens with one attached hydrogen (secondary N) is 1. The molecule has 1 atom stereocenters. The zero-order valence-electron chi connectivity index (χ0n) is 17.4. The van der Waals surface area contributed by atoms with E-state index in [4.69, 9.17) is 0 Å². The minimum atomic E-state index is -0.654. The third-order valence-corrected chi connectivity index (χ3v) is 6.00. The van der Waals surface area contributed by atoms with Crippen molar-refractivity contribution in [2.45, 2.75) is 12.5 Å². The number of aliphatic hydroxyl groups excluding tert-OH is 1. The zero-order valence-corrected chi connectivity index (χ0v) is 17.4. The van der Waals surface area contributed by atoms with E-state index in [1.165, 1.54) is 0 Å². The van der Waals surface area contributed by atoms with Crippen LogP contribution in [-0.4, -0.2) is 33.2 Å². The highest BCUT2D eigenvalue weighted by molar-refractivity contribution is 6.46. The molecule has 158 valence electrons. The summed E-state index contributed by atoms with van der Waals surface area (Å²) >= 11 is 0. The molecule has 0 unspecified atom stereocenters. The fourth-order valence-electron chi connectivity index (χ4n) is 4.42. The van der Waals surface area contributed by atoms with Crippen molar-refractivity contribution in [2.24, 2.45) is 0 Å². The SMILES string of the molecule is O=C1C(=O)N(CCc2c[nH]c3ccccc23)[C@@H](c2ccccc2)C1=C(O)c1ccccc1. The average molecular weight is 422 g/mol. The van der Waals surface area contributed by atoms with Crippen LogP contribution in [0.25, 0.3) is 16.7 Å². The maximum Gasteiger partial charge on any atom is 0.295 e. The molecule has 5 rings (SSSR count). The number of Topliss-reactive ketones (excluding diaryl/α,β-unsaturated/α-hetero) is 1. The summed E-state index contributed by atoms with van der Waals surface area (Å²) in [5.41, 5.74) is 3.56. The number of likely N-dealkylation sites (tertiary alicyclic amines) is 1. The molecule has 1 aliphatic heterocycles. The van der Waals surface area contributed by atoms with Gasteiger partial charge in [-0.05, 0) is 23.6 Å². The first-order valence-corrected chi connectivity index (χ1v) is 10.6. The summed E-state index contributed by atoms with van der Waals surface area (Å²) in [5.74, 6) is -1.39. The van der Waals surface area contributed by atoms with Gasteiger partial charge in [0.25, 0.3) is 11.7 Å². The third-order valence-electron chi connectivity index (χ3n) is 6.00. The lowest BCUT2D eigenvalue weighted by Gasteiger charge is -2.25. The maximum absolute atomic E-state index is 13.1. The molecule has 2 heterocycles. The van der Waals surface area contributed by atoms with Crippen LogP contribution < -0.4 is 0 Å². The number of hydrogen-bond acceptors (Lipinski definition) is 3. The second-order valence-electron chi connectivity index (χ2n) is 7.88. The van der Waals surface area contributed by atoms with Crippen molar-refractivity contribution in [3.8, 4) is 0 Å². The lowest BCUT2D eigenvalue weighted by Crippen LogP contribution is -2.31. The van der Waals surface area contributed by atoms with Crippen LogP contribution in [0, 0.1) is 0 Å². The first-order valence-electron chi connectivity index (χ1n) is 10.6. The number of aliphatic hydroxyl groups is 1. The van der Waals surface area contributed by atoms with E-state index in [9.17, 15) is 14.7 Å². The minimum absolute atomic E-state index is 0.131. The van der Waals surface area contributed by atoms with Crippen LogP contribution in [0.4, 0.5) is 0 Å². The monoisotopic (exact) mass is 422 g/mol. The van der Waals surface area contributed by atoms with Crippen molar-refractivity contribution in [3.63, 3.8) is 0 Å². The molecule has 2 N–H and O–H groups in total. The smallest absolute Gasteiger partial charge is 0.295 e. The predicted octanol–water partition coefficient (Wildman–Crippen LogP) is 4.83. The average Bonchev–Trinajstić information content (AvgIpc) is 3.37. The summed E-state index contributed by atoms with van der Waals surface area (Å²) in [4.78, 5) is 31.0. The standard InChI is InChI=1S/C27H22N2O3/c30-25(19-11-5-2-6-12-19)23-24(18-9-3-1-4-10-18)29(27(32)26(23)31)16-15-20-17-28-22-14-8-7-13-21(20)22/h1-14,17,24,28,30H,15-16H2/t24-/m0/s1. The zero-order chi connectivity index (χ0) is 22.1. The molecule has 1 amide bonds. The van der Waals surface area contributed by atoms with Gasteiger partial charge in [0.15, 0.2) is 0 Å². The van der Waals surface area contributed by atoms with E-state index in [1.807, 2.05) is 66.9 Å². The van der Waals surface area contributed by atoms with Crippen LogP contribution in [0.5, 0.6) is 0 Å². The molecule has 0 saturated carbocycles. The van der Waals surface area contributed by atoms with E-state index >= 15 is 0 Å². The number of aromatic nitrogens is 1. The first-order chi connectivity index (χ1) is 15.6. The number of benzene rings is 3. The number of carbonyl (C=O) groups excluding carboxylic acids is 2. The third kappa shape index (κ3) is 3.38. The van der Waals surface area contributed by atoms with Gasteiger partial charge in [0, 0.05) is 29.2 Å². The lowest BCUT2D eigenvalue weighted by molar-refractivity contribution is -0.139. The van der Waals surface area contributed by atoms with Crippen molar-refractivity contribution in [1.82, 2.24) is 9.88 Å². The number of aromatic amines is 1. The van der Waals surface area contributed by atoms with Gasteiger partial charge in [0.05, 0.1) is 11.6 Å². The van der Waals surface area contributed by atoms with Gasteiger partial charge in [-0.3, -0.25) is 9.59 Å². The van der Waals surface area contributed by atoms with E-state index in [2.05, 4.69) is 4.98 Å². The number of para-hydroxylation sites is 1. The quantitative estimate of drug-likeness (QED) is 0.275. The number of carbonyl (C=O) groups is 2. The molecule has 4 aromatic rings. The van der Waals surface area contributed by atoms with E-state index in [0.717, 1.165) is 22.0 Å². The molecule has 1 fully saturated rings. The van der Waals surface area contributed by atoms with Crippen molar-refractivity contribution < 1.29 is 14.7 Å². The predicted molar refractivity (Wildman–Crippen MR) is 124 cm³/mol. The van der Waals surface area contributed by atoms with Crippen molar-refractivity contribution >= 4 is 28.4 Å². The summed E-state index contributed by atoms with van der Waals surface area (Å²) in [7, 11) is 0. The second-order valence-corrected chi connectivity index (χ2v) is 7.88. The molecule has 1 aliphatic rings. The van der Waals surface area contributed by atoms with Crippen LogP contribution in [0.1, 0.15) is 22.7 Å². The Morgan fingerprint density at radius 2 is 1.53 bits per heavy atom. The van der Waals surface area contributed by atoms with Crippen LogP contribution in [0.3, 0.4) is 0 Å². The first kappa shape index (κ1) is 19.8. The fraction of sp³-hybridized carbons (Fsp3) is 0.111. The number of rotatable bonds is 5. The topological polar surface area (TPSA) is 73.4 Å². The molecule has 5 nitrogen and oxygen atoms in total. The highest BCUT2D eigenvalue weighted by Crippen LogP contribution is 2.39. The summed E-state index contributed by atoms with van der Waals surface area (Å²) in [6.45, 7) is 0.359. The van der Waals surface area contributed by atoms with Gasteiger partial charge in [-0.2, -0.15) is 0 Å². The van der Waals surface area contributed by atoms with E-state index in [-0.39, 0.29) is 11.3 Å². The van der Waals surface area contributed by atoms with Gasteiger partial charge in [0.2, 0.25) is 0 Å². The highest BCUT2D eigenvalue weighted by atomic mass is 16.3. The number of ketones is 1. The number of hydrogen-bond donors (Lipinski definition) is 2. The fourth-order valence-corrected chi connectivity index (χ4v) is 4.42. The van der Waals surface area contributed by atoms with E-state index in [1.54, 1.807) is 29.2 Å². The Kier molecular flexibility index (Phi) is 5.07.